The lowest BCUT2D eigenvalue weighted by Crippen LogP contribution is -2.48. The minimum atomic E-state index is -0.936. The Hall–Kier alpha value is -0.0300. The largest absolute Gasteiger partial charge is 0.394 e. The van der Waals surface area contributed by atoms with E-state index in [4.69, 9.17) is 14.0 Å². The van der Waals surface area contributed by atoms with Gasteiger partial charge in [0, 0.05) is 22.7 Å². The third-order valence-electron chi connectivity index (χ3n) is 3.24. The summed E-state index contributed by atoms with van der Waals surface area (Å²) in [7, 11) is 2.10. The van der Waals surface area contributed by atoms with E-state index in [1.54, 1.807) is 6.08 Å². The summed E-state index contributed by atoms with van der Waals surface area (Å²) in [6.07, 6.45) is 2.61. The molecule has 0 aromatic carbocycles. The van der Waals surface area contributed by atoms with Gasteiger partial charge in [0.05, 0.1) is 6.61 Å². The molecule has 5 nitrogen and oxygen atoms in total. The van der Waals surface area contributed by atoms with Crippen LogP contribution < -0.4 is 0 Å². The van der Waals surface area contributed by atoms with Crippen LogP contribution in [0.2, 0.25) is 0 Å². The molecule has 0 spiro atoms. The fraction of sp³-hybridized carbons (Fsp3) is 0.867. The molecule has 2 N–H and O–H groups in total. The van der Waals surface area contributed by atoms with E-state index >= 15 is 0 Å². The van der Waals surface area contributed by atoms with Gasteiger partial charge in [-0.15, -0.1) is 6.58 Å². The van der Waals surface area contributed by atoms with Crippen LogP contribution in [-0.4, -0.2) is 54.4 Å². The quantitative estimate of drug-likeness (QED) is 0.291. The number of aliphatic hydroxyl groups is 2. The van der Waals surface area contributed by atoms with E-state index in [-0.39, 0.29) is 6.61 Å². The third-order valence-corrected chi connectivity index (χ3v) is 3.59. The van der Waals surface area contributed by atoms with Crippen molar-refractivity contribution in [1.82, 2.24) is 0 Å². The summed E-state index contributed by atoms with van der Waals surface area (Å²) in [5.74, 6) is 0. The summed E-state index contributed by atoms with van der Waals surface area (Å²) in [6.45, 7) is 8.65. The van der Waals surface area contributed by atoms with Crippen LogP contribution in [0.5, 0.6) is 0 Å². The lowest BCUT2D eigenvalue weighted by Gasteiger charge is -2.32. The number of aliphatic hydroxyl groups excluding tert-OH is 2. The lowest BCUT2D eigenvalue weighted by molar-refractivity contribution is -0.136. The Balaban J connectivity index is 4.69. The summed E-state index contributed by atoms with van der Waals surface area (Å²) < 4.78 is 16.5. The van der Waals surface area contributed by atoms with Crippen molar-refractivity contribution in [3.63, 3.8) is 0 Å². The van der Waals surface area contributed by atoms with Gasteiger partial charge in [-0.2, -0.15) is 0 Å². The van der Waals surface area contributed by atoms with Crippen LogP contribution in [0, 0.1) is 0 Å². The highest BCUT2D eigenvalue weighted by molar-refractivity contribution is 7.09. The molecule has 5 atom stereocenters. The van der Waals surface area contributed by atoms with Crippen molar-refractivity contribution >= 4 is 9.47 Å². The van der Waals surface area contributed by atoms with Gasteiger partial charge >= 0.3 is 0 Å². The second-order valence-electron chi connectivity index (χ2n) is 4.96. The molecule has 0 aromatic heterocycles. The van der Waals surface area contributed by atoms with E-state index in [9.17, 15) is 10.2 Å². The number of ether oxygens (including phenoxy) is 2. The molecular formula is C15H31O5P. The number of hydrogen-bond acceptors (Lipinski definition) is 5. The van der Waals surface area contributed by atoms with E-state index in [0.717, 1.165) is 25.7 Å². The van der Waals surface area contributed by atoms with Gasteiger partial charge in [-0.05, 0) is 12.8 Å². The first-order valence-electron chi connectivity index (χ1n) is 7.66. The first-order chi connectivity index (χ1) is 10.2. The second kappa shape index (κ2) is 13.6. The minimum Gasteiger partial charge on any atom is -0.394 e. The molecule has 0 heterocycles. The van der Waals surface area contributed by atoms with E-state index in [0.29, 0.717) is 13.2 Å². The first-order valence-corrected chi connectivity index (χ1v) is 8.13. The number of unbranched alkanes of at least 4 members (excludes halogenated alkanes) is 2. The van der Waals surface area contributed by atoms with Crippen LogP contribution in [0.25, 0.3) is 0 Å². The zero-order chi connectivity index (χ0) is 16.1. The van der Waals surface area contributed by atoms with E-state index in [1.807, 2.05) is 0 Å². The molecule has 6 heteroatoms. The summed E-state index contributed by atoms with van der Waals surface area (Å²) in [4.78, 5) is 0. The molecule has 0 aliphatic rings. The minimum absolute atomic E-state index is 0.240. The van der Waals surface area contributed by atoms with Crippen molar-refractivity contribution in [3.05, 3.63) is 12.7 Å². The van der Waals surface area contributed by atoms with Crippen LogP contribution in [0.3, 0.4) is 0 Å². The van der Waals surface area contributed by atoms with Gasteiger partial charge in [-0.25, -0.2) is 0 Å². The van der Waals surface area contributed by atoms with Gasteiger partial charge < -0.3 is 24.2 Å². The summed E-state index contributed by atoms with van der Waals surface area (Å²) in [5.41, 5.74) is 0. The Morgan fingerprint density at radius 2 is 1.71 bits per heavy atom. The molecule has 0 fully saturated rings. The standard InChI is InChI=1S/C15H31O5P/c1-4-7-9-18-12(6-3)14(17)15(13(11-16)20-21)19-10-8-5-2/h6,12-17H,3-5,7-11,21H2,1-2H3/t12?,13?,14?,15-/m1/s1. The smallest absolute Gasteiger partial charge is 0.115 e. The van der Waals surface area contributed by atoms with Crippen LogP contribution >= 0.6 is 9.47 Å². The van der Waals surface area contributed by atoms with Crippen LogP contribution in [0.15, 0.2) is 12.7 Å². The fourth-order valence-corrected chi connectivity index (χ4v) is 2.11. The molecule has 0 aliphatic heterocycles. The van der Waals surface area contributed by atoms with Crippen molar-refractivity contribution in [2.45, 2.75) is 63.9 Å². The molecule has 0 aromatic rings. The molecule has 0 bridgehead atoms. The molecule has 21 heavy (non-hydrogen) atoms. The highest BCUT2D eigenvalue weighted by Crippen LogP contribution is 2.17. The first kappa shape index (κ1) is 21.0. The topological polar surface area (TPSA) is 68.2 Å². The zero-order valence-electron chi connectivity index (χ0n) is 13.2. The van der Waals surface area contributed by atoms with Gasteiger partial charge in [-0.3, -0.25) is 0 Å². The van der Waals surface area contributed by atoms with E-state index in [2.05, 4.69) is 29.9 Å². The van der Waals surface area contributed by atoms with Crippen molar-refractivity contribution < 1.29 is 24.2 Å². The van der Waals surface area contributed by atoms with Gasteiger partial charge in [0.25, 0.3) is 0 Å². The van der Waals surface area contributed by atoms with Crippen molar-refractivity contribution in [2.75, 3.05) is 19.8 Å². The van der Waals surface area contributed by atoms with Gasteiger partial charge in [0.15, 0.2) is 0 Å². The maximum Gasteiger partial charge on any atom is 0.115 e. The highest BCUT2D eigenvalue weighted by Gasteiger charge is 2.33. The maximum absolute atomic E-state index is 10.5. The average molecular weight is 322 g/mol. The Morgan fingerprint density at radius 3 is 2.14 bits per heavy atom. The monoisotopic (exact) mass is 322 g/mol. The second-order valence-corrected chi connectivity index (χ2v) is 5.23. The summed E-state index contributed by atoms with van der Waals surface area (Å²) in [5, 5.41) is 19.9. The number of rotatable bonds is 14. The van der Waals surface area contributed by atoms with Crippen molar-refractivity contribution in [3.8, 4) is 0 Å². The van der Waals surface area contributed by atoms with E-state index < -0.39 is 24.4 Å². The van der Waals surface area contributed by atoms with Crippen molar-refractivity contribution in [2.24, 2.45) is 0 Å². The van der Waals surface area contributed by atoms with Crippen molar-refractivity contribution in [1.29, 1.82) is 0 Å². The Morgan fingerprint density at radius 1 is 1.14 bits per heavy atom. The normalized spacial score (nSPS) is 17.2. The van der Waals surface area contributed by atoms with E-state index in [1.165, 1.54) is 0 Å². The molecule has 0 saturated carbocycles. The molecule has 0 rings (SSSR count). The summed E-state index contributed by atoms with van der Waals surface area (Å²) >= 11 is 0. The molecule has 126 valence electrons. The third kappa shape index (κ3) is 8.24. The predicted octanol–water partition coefficient (Wildman–Crippen LogP) is 2.07. The molecular weight excluding hydrogens is 291 g/mol. The Kier molecular flexibility index (Phi) is 13.6. The average Bonchev–Trinajstić information content (AvgIpc) is 2.50. The van der Waals surface area contributed by atoms with Crippen LogP contribution in [0.1, 0.15) is 39.5 Å². The highest BCUT2D eigenvalue weighted by atomic mass is 31.0. The predicted molar refractivity (Wildman–Crippen MR) is 87.2 cm³/mol. The van der Waals surface area contributed by atoms with Gasteiger partial charge in [0.1, 0.15) is 24.4 Å². The fourth-order valence-electron chi connectivity index (χ4n) is 1.87. The Bertz CT molecular complexity index is 248. The number of hydrogen-bond donors (Lipinski definition) is 2. The SMILES string of the molecule is C=CC(OCCCC)C(O)[C@H](OCCCC)C(CO)OP. The molecule has 0 aliphatic carbocycles. The van der Waals surface area contributed by atoms with Crippen LogP contribution in [-0.2, 0) is 14.0 Å². The molecule has 0 amide bonds. The van der Waals surface area contributed by atoms with Crippen LogP contribution in [0.4, 0.5) is 0 Å². The molecule has 0 radical (unpaired) electrons. The lowest BCUT2D eigenvalue weighted by atomic mass is 10.0. The van der Waals surface area contributed by atoms with Gasteiger partial charge in [-0.1, -0.05) is 32.8 Å². The van der Waals surface area contributed by atoms with Gasteiger partial charge in [0.2, 0.25) is 0 Å². The zero-order valence-corrected chi connectivity index (χ0v) is 14.4. The Labute approximate surface area is 131 Å². The maximum atomic E-state index is 10.5. The molecule has 4 unspecified atom stereocenters. The summed E-state index contributed by atoms with van der Waals surface area (Å²) in [6, 6.07) is 0. The molecule has 0 saturated heterocycles.